The number of amides is 2. The lowest BCUT2D eigenvalue weighted by Gasteiger charge is -2.15. The zero-order chi connectivity index (χ0) is 17.9. The highest BCUT2D eigenvalue weighted by molar-refractivity contribution is 5.99. The SMILES string of the molecule is CCCC(CCC)C(=O)Nc1cccc(C(=O)CCNC(=O)O)c1. The van der Waals surface area contributed by atoms with Crippen LogP contribution in [0.4, 0.5) is 10.5 Å². The van der Waals surface area contributed by atoms with Gasteiger partial charge in [-0.3, -0.25) is 9.59 Å². The van der Waals surface area contributed by atoms with Crippen LogP contribution in [0, 0.1) is 5.92 Å². The third-order valence-corrected chi connectivity index (χ3v) is 3.73. The lowest BCUT2D eigenvalue weighted by molar-refractivity contribution is -0.120. The smallest absolute Gasteiger partial charge is 0.404 e. The summed E-state index contributed by atoms with van der Waals surface area (Å²) in [4.78, 5) is 34.8. The number of Topliss-reactive ketones (excluding diaryl/α,β-unsaturated/α-hetero) is 1. The Kier molecular flexibility index (Phi) is 8.54. The first kappa shape index (κ1) is 19.7. The molecule has 6 heteroatoms. The number of ketones is 1. The second kappa shape index (κ2) is 10.4. The molecule has 0 aromatic heterocycles. The Balaban J connectivity index is 2.68. The topological polar surface area (TPSA) is 95.5 Å². The second-order valence-electron chi connectivity index (χ2n) is 5.75. The number of nitrogens with one attached hydrogen (secondary N) is 2. The molecule has 0 radical (unpaired) electrons. The minimum atomic E-state index is -1.15. The number of hydrogen-bond donors (Lipinski definition) is 3. The van der Waals surface area contributed by atoms with Crippen LogP contribution in [-0.2, 0) is 4.79 Å². The van der Waals surface area contributed by atoms with Gasteiger partial charge in [-0.2, -0.15) is 0 Å². The summed E-state index contributed by atoms with van der Waals surface area (Å²) in [6.45, 7) is 4.18. The monoisotopic (exact) mass is 334 g/mol. The Morgan fingerprint density at radius 2 is 1.79 bits per heavy atom. The molecule has 24 heavy (non-hydrogen) atoms. The molecule has 0 unspecified atom stereocenters. The molecule has 0 aliphatic heterocycles. The fourth-order valence-electron chi connectivity index (χ4n) is 2.55. The molecule has 132 valence electrons. The van der Waals surface area contributed by atoms with Crippen LogP contribution in [0.2, 0.25) is 0 Å². The summed E-state index contributed by atoms with van der Waals surface area (Å²) >= 11 is 0. The minimum absolute atomic E-state index is 0.0147. The van der Waals surface area contributed by atoms with Crippen LogP contribution < -0.4 is 10.6 Å². The average Bonchev–Trinajstić information content (AvgIpc) is 2.54. The quantitative estimate of drug-likeness (QED) is 0.569. The Morgan fingerprint density at radius 3 is 2.38 bits per heavy atom. The molecule has 0 fully saturated rings. The summed E-state index contributed by atoms with van der Waals surface area (Å²) in [6.07, 6.45) is 2.53. The van der Waals surface area contributed by atoms with Gasteiger partial charge in [0.25, 0.3) is 0 Å². The number of carbonyl (C=O) groups excluding carboxylic acids is 2. The highest BCUT2D eigenvalue weighted by Crippen LogP contribution is 2.18. The van der Waals surface area contributed by atoms with Crippen LogP contribution in [0.5, 0.6) is 0 Å². The third kappa shape index (κ3) is 6.81. The van der Waals surface area contributed by atoms with Gasteiger partial charge in [-0.15, -0.1) is 0 Å². The van der Waals surface area contributed by atoms with Crippen molar-refractivity contribution in [3.8, 4) is 0 Å². The maximum Gasteiger partial charge on any atom is 0.404 e. The maximum atomic E-state index is 12.3. The zero-order valence-electron chi connectivity index (χ0n) is 14.3. The summed E-state index contributed by atoms with van der Waals surface area (Å²) in [6, 6.07) is 6.76. The molecule has 3 N–H and O–H groups in total. The maximum absolute atomic E-state index is 12.3. The lowest BCUT2D eigenvalue weighted by Crippen LogP contribution is -2.24. The molecule has 0 saturated carbocycles. The molecule has 1 aromatic rings. The Morgan fingerprint density at radius 1 is 1.12 bits per heavy atom. The van der Waals surface area contributed by atoms with E-state index in [0.29, 0.717) is 11.3 Å². The molecule has 0 heterocycles. The Labute approximate surface area is 142 Å². The predicted molar refractivity (Wildman–Crippen MR) is 93.4 cm³/mol. The van der Waals surface area contributed by atoms with E-state index < -0.39 is 6.09 Å². The summed E-state index contributed by atoms with van der Waals surface area (Å²) in [5.74, 6) is -0.200. The molecule has 0 bridgehead atoms. The first-order chi connectivity index (χ1) is 11.5. The van der Waals surface area contributed by atoms with Gasteiger partial charge < -0.3 is 15.7 Å². The van der Waals surface area contributed by atoms with Gasteiger partial charge in [-0.1, -0.05) is 38.8 Å². The average molecular weight is 334 g/mol. The molecule has 0 saturated heterocycles. The van der Waals surface area contributed by atoms with Crippen molar-refractivity contribution < 1.29 is 19.5 Å². The van der Waals surface area contributed by atoms with Gasteiger partial charge in [0.2, 0.25) is 5.91 Å². The number of hydrogen-bond acceptors (Lipinski definition) is 3. The van der Waals surface area contributed by atoms with Crippen LogP contribution in [0.1, 0.15) is 56.3 Å². The number of carbonyl (C=O) groups is 3. The zero-order valence-corrected chi connectivity index (χ0v) is 14.3. The number of anilines is 1. The van der Waals surface area contributed by atoms with E-state index in [4.69, 9.17) is 5.11 Å². The molecule has 0 spiro atoms. The van der Waals surface area contributed by atoms with E-state index in [-0.39, 0.29) is 30.6 Å². The fraction of sp³-hybridized carbons (Fsp3) is 0.500. The van der Waals surface area contributed by atoms with Crippen LogP contribution in [0.25, 0.3) is 0 Å². The molecular formula is C18H26N2O4. The van der Waals surface area contributed by atoms with Crippen molar-refractivity contribution in [1.82, 2.24) is 5.32 Å². The van der Waals surface area contributed by atoms with E-state index in [1.165, 1.54) is 0 Å². The highest BCUT2D eigenvalue weighted by Gasteiger charge is 2.17. The van der Waals surface area contributed by atoms with Crippen molar-refractivity contribution in [2.75, 3.05) is 11.9 Å². The van der Waals surface area contributed by atoms with Gasteiger partial charge in [0.1, 0.15) is 0 Å². The summed E-state index contributed by atoms with van der Waals surface area (Å²) in [5.41, 5.74) is 1.05. The van der Waals surface area contributed by atoms with E-state index in [9.17, 15) is 14.4 Å². The summed E-state index contributed by atoms with van der Waals surface area (Å²) in [7, 11) is 0. The predicted octanol–water partition coefficient (Wildman–Crippen LogP) is 3.68. The first-order valence-corrected chi connectivity index (χ1v) is 8.38. The number of carboxylic acid groups (broad SMARTS) is 1. The molecule has 6 nitrogen and oxygen atoms in total. The Hall–Kier alpha value is -2.37. The molecule has 1 rings (SSSR count). The van der Waals surface area contributed by atoms with Gasteiger partial charge >= 0.3 is 6.09 Å². The number of benzene rings is 1. The largest absolute Gasteiger partial charge is 0.465 e. The first-order valence-electron chi connectivity index (χ1n) is 8.38. The van der Waals surface area contributed by atoms with Crippen LogP contribution >= 0.6 is 0 Å². The van der Waals surface area contributed by atoms with Gasteiger partial charge in [0.15, 0.2) is 5.78 Å². The van der Waals surface area contributed by atoms with Crippen molar-refractivity contribution in [3.63, 3.8) is 0 Å². The van der Waals surface area contributed by atoms with Crippen LogP contribution in [-0.4, -0.2) is 29.4 Å². The minimum Gasteiger partial charge on any atom is -0.465 e. The lowest BCUT2D eigenvalue weighted by atomic mass is 9.97. The summed E-state index contributed by atoms with van der Waals surface area (Å²) in [5, 5.41) is 13.6. The van der Waals surface area contributed by atoms with Gasteiger partial charge in [-0.05, 0) is 25.0 Å². The molecule has 0 atom stereocenters. The molecule has 1 aromatic carbocycles. The van der Waals surface area contributed by atoms with Crippen molar-refractivity contribution in [2.24, 2.45) is 5.92 Å². The standard InChI is InChI=1S/C18H26N2O4/c1-3-6-13(7-4-2)17(22)20-15-9-5-8-14(12-15)16(21)10-11-19-18(23)24/h5,8-9,12-13,19H,3-4,6-7,10-11H2,1-2H3,(H,20,22)(H,23,24). The number of rotatable bonds is 10. The van der Waals surface area contributed by atoms with Gasteiger partial charge in [0, 0.05) is 30.1 Å². The summed E-state index contributed by atoms with van der Waals surface area (Å²) < 4.78 is 0. The van der Waals surface area contributed by atoms with Crippen molar-refractivity contribution >= 4 is 23.5 Å². The van der Waals surface area contributed by atoms with Crippen molar-refractivity contribution in [3.05, 3.63) is 29.8 Å². The molecule has 2 amide bonds. The highest BCUT2D eigenvalue weighted by atomic mass is 16.4. The van der Waals surface area contributed by atoms with Crippen molar-refractivity contribution in [2.45, 2.75) is 46.0 Å². The molecule has 0 aliphatic rings. The van der Waals surface area contributed by atoms with E-state index in [1.54, 1.807) is 24.3 Å². The van der Waals surface area contributed by atoms with E-state index in [0.717, 1.165) is 25.7 Å². The normalized spacial score (nSPS) is 10.5. The molecule has 0 aliphatic carbocycles. The third-order valence-electron chi connectivity index (χ3n) is 3.73. The van der Waals surface area contributed by atoms with E-state index in [2.05, 4.69) is 24.5 Å². The van der Waals surface area contributed by atoms with Gasteiger partial charge in [0.05, 0.1) is 0 Å². The van der Waals surface area contributed by atoms with Gasteiger partial charge in [-0.25, -0.2) is 4.79 Å². The Bertz CT molecular complexity index is 566. The van der Waals surface area contributed by atoms with Crippen LogP contribution in [0.15, 0.2) is 24.3 Å². The second-order valence-corrected chi connectivity index (χ2v) is 5.75. The van der Waals surface area contributed by atoms with E-state index in [1.807, 2.05) is 0 Å². The fourth-order valence-corrected chi connectivity index (χ4v) is 2.55. The van der Waals surface area contributed by atoms with E-state index >= 15 is 0 Å². The van der Waals surface area contributed by atoms with Crippen molar-refractivity contribution in [1.29, 1.82) is 0 Å². The molecular weight excluding hydrogens is 308 g/mol. The van der Waals surface area contributed by atoms with Crippen LogP contribution in [0.3, 0.4) is 0 Å².